The Hall–Kier alpha value is -1.55. The number of hydrogen-bond donors (Lipinski definition) is 0. The number of hydrogen-bond acceptors (Lipinski definition) is 3. The Labute approximate surface area is 455 Å². The molecule has 0 unspecified atom stereocenters. The summed E-state index contributed by atoms with van der Waals surface area (Å²) in [4.78, 5) is 19.6. The van der Waals surface area contributed by atoms with Gasteiger partial charge in [-0.05, 0) is 134 Å². The van der Waals surface area contributed by atoms with Crippen LogP contribution in [0, 0.1) is 46.5 Å². The van der Waals surface area contributed by atoms with Crippen molar-refractivity contribution in [2.45, 2.75) is 44.5 Å². The second-order valence-electron chi connectivity index (χ2n) is 12.6. The summed E-state index contributed by atoms with van der Waals surface area (Å²) in [5.74, 6) is -4.80. The van der Waals surface area contributed by atoms with Crippen molar-refractivity contribution in [3.05, 3.63) is 197 Å². The summed E-state index contributed by atoms with van der Waals surface area (Å²) in [6.07, 6.45) is 5.02. The molecule has 362 valence electrons. The van der Waals surface area contributed by atoms with Crippen LogP contribution < -0.4 is 3.71 Å². The SMILES string of the molecule is BrBr.C.C.C.C.Fc1cc(F)c(-c2ccccn2)cc1-c1ccccn1.Fc1cc(F)c(Br)cc1Br.Fc1cc(F)c(Br)cc1Br.Fc1ccc(Br)c(F)c1.[CH3][Sn]([CH3])([CH3])[c]1ccccn1.[Fe]. The third-order valence-electron chi connectivity index (χ3n) is 7.18. The first-order chi connectivity index (χ1) is 28.8. The van der Waals surface area contributed by atoms with E-state index < -0.39 is 64.9 Å². The summed E-state index contributed by atoms with van der Waals surface area (Å²) in [7, 11) is 0. The van der Waals surface area contributed by atoms with Crippen LogP contribution in [0.2, 0.25) is 14.8 Å². The average Bonchev–Trinajstić information content (AvgIpc) is 3.23. The van der Waals surface area contributed by atoms with E-state index in [1.165, 1.54) is 34.0 Å². The quantitative estimate of drug-likeness (QED) is 0.101. The minimum atomic E-state index is -1.82. The van der Waals surface area contributed by atoms with Crippen molar-refractivity contribution in [3.8, 4) is 22.5 Å². The molecular weight excluding hydrogens is 1480 g/mol. The molecule has 66 heavy (non-hydrogen) atoms. The molecule has 0 aliphatic carbocycles. The number of aromatic nitrogens is 3. The van der Waals surface area contributed by atoms with Gasteiger partial charge in [-0.2, -0.15) is 0 Å². The largest absolute Gasteiger partial charge is 0 e. The summed E-state index contributed by atoms with van der Waals surface area (Å²) >= 11 is 18.2. The van der Waals surface area contributed by atoms with Crippen LogP contribution in [0.25, 0.3) is 22.5 Å². The van der Waals surface area contributed by atoms with Crippen LogP contribution >= 0.6 is 108 Å². The van der Waals surface area contributed by atoms with Crippen molar-refractivity contribution in [2.24, 2.45) is 0 Å². The molecule has 0 aliphatic rings. The summed E-state index contributed by atoms with van der Waals surface area (Å²) in [6.45, 7) is 0. The first-order valence-electron chi connectivity index (χ1n) is 16.9. The van der Waals surface area contributed by atoms with E-state index in [0.29, 0.717) is 11.4 Å². The average molecular weight is 1530 g/mol. The fourth-order valence-corrected chi connectivity index (χ4v) is 9.51. The van der Waals surface area contributed by atoms with Crippen molar-refractivity contribution < 1.29 is 52.2 Å². The van der Waals surface area contributed by atoms with Crippen molar-refractivity contribution in [3.63, 3.8) is 0 Å². The molecule has 4 aromatic carbocycles. The van der Waals surface area contributed by atoms with Gasteiger partial charge in [-0.15, -0.1) is 0 Å². The van der Waals surface area contributed by atoms with Crippen LogP contribution in [-0.4, -0.2) is 33.3 Å². The van der Waals surface area contributed by atoms with Crippen molar-refractivity contribution in [1.82, 2.24) is 15.0 Å². The van der Waals surface area contributed by atoms with Gasteiger partial charge in [-0.3, -0.25) is 9.97 Å². The standard InChI is InChI=1S/C16H10F2N2.2C6H2Br2F2.C6H3BrF2.C5H4N.4CH4.3CH3.Br2.Fe.Sn/c17-13-10-14(18)12(16-6-2-4-8-20-16)9-11(13)15-5-1-3-7-19-15;2*7-3-1-4(8)6(10)2-5(3)9;7-5-2-1-4(8)3-6(5)9;1-2-4-6-5-3-1;;;;;;;;1-2;;/h1-10H;2*1-2H;1-3H;1-4H;4*1H4;3*1H3;;;. The molecule has 7 aromatic rings. The first-order valence-corrected chi connectivity index (χ1v) is 34.5. The molecule has 3 nitrogen and oxygen atoms in total. The Balaban J connectivity index is -0.000000368. The van der Waals surface area contributed by atoms with E-state index >= 15 is 0 Å². The zero-order valence-corrected chi connectivity index (χ0v) is 47.0. The summed E-state index contributed by atoms with van der Waals surface area (Å²) < 4.78 is 105. The molecule has 0 amide bonds. The normalized spacial score (nSPS) is 9.36. The molecule has 0 N–H and O–H groups in total. The molecular formula is C46H46Br7F8FeN3Sn. The molecule has 0 radical (unpaired) electrons. The Morgan fingerprint density at radius 2 is 0.712 bits per heavy atom. The summed E-state index contributed by atoms with van der Waals surface area (Å²) in [6, 6.07) is 26.5. The molecule has 0 saturated carbocycles. The molecule has 7 rings (SSSR count). The number of halogens is 15. The topological polar surface area (TPSA) is 38.7 Å². The molecule has 0 atom stereocenters. The second kappa shape index (κ2) is 36.4. The van der Waals surface area contributed by atoms with Gasteiger partial charge in [0.15, 0.2) is 0 Å². The van der Waals surface area contributed by atoms with Gasteiger partial charge in [0.1, 0.15) is 46.5 Å². The summed E-state index contributed by atoms with van der Waals surface area (Å²) in [5.41, 5.74) is 1.43. The van der Waals surface area contributed by atoms with Crippen molar-refractivity contribution in [1.29, 1.82) is 0 Å². The zero-order chi connectivity index (χ0) is 45.9. The zero-order valence-electron chi connectivity index (χ0n) is 32.0. The molecule has 3 aromatic heterocycles. The fraction of sp³-hybridized carbons (Fsp3) is 0.152. The van der Waals surface area contributed by atoms with E-state index in [-0.39, 0.29) is 80.3 Å². The Morgan fingerprint density at radius 1 is 0.379 bits per heavy atom. The predicted molar refractivity (Wildman–Crippen MR) is 282 cm³/mol. The van der Waals surface area contributed by atoms with Gasteiger partial charge >= 0.3 is 66.3 Å². The van der Waals surface area contributed by atoms with Crippen LogP contribution in [0.5, 0.6) is 0 Å². The Bertz CT molecular complexity index is 2230. The monoisotopic (exact) mass is 1520 g/mol. The predicted octanol–water partition coefficient (Wildman–Crippen LogP) is 19.7. The van der Waals surface area contributed by atoms with Crippen molar-refractivity contribution in [2.75, 3.05) is 0 Å². The van der Waals surface area contributed by atoms with Gasteiger partial charge < -0.3 is 0 Å². The van der Waals surface area contributed by atoms with Crippen LogP contribution in [0.4, 0.5) is 35.1 Å². The van der Waals surface area contributed by atoms with Crippen LogP contribution in [0.1, 0.15) is 29.7 Å². The summed E-state index contributed by atoms with van der Waals surface area (Å²) in [5, 5.41) is 0. The van der Waals surface area contributed by atoms with Gasteiger partial charge in [0, 0.05) is 93.1 Å². The van der Waals surface area contributed by atoms with E-state index in [1.807, 2.05) is 12.3 Å². The molecule has 0 spiro atoms. The minimum Gasteiger partial charge on any atom is 0 e. The van der Waals surface area contributed by atoms with E-state index in [9.17, 15) is 35.1 Å². The van der Waals surface area contributed by atoms with Crippen LogP contribution in [-0.2, 0) is 17.1 Å². The van der Waals surface area contributed by atoms with Gasteiger partial charge in [0.05, 0.1) is 33.8 Å². The van der Waals surface area contributed by atoms with E-state index in [4.69, 9.17) is 0 Å². The van der Waals surface area contributed by atoms with Crippen molar-refractivity contribution >= 4 is 130 Å². The number of benzene rings is 4. The molecule has 0 fully saturated rings. The van der Waals surface area contributed by atoms with Crippen LogP contribution in [0.3, 0.4) is 0 Å². The van der Waals surface area contributed by atoms with E-state index in [2.05, 4.69) is 150 Å². The van der Waals surface area contributed by atoms with Gasteiger partial charge in [-0.1, -0.05) is 41.8 Å². The molecule has 20 heteroatoms. The maximum absolute atomic E-state index is 13.9. The first kappa shape index (κ1) is 71.0. The number of pyridine rings is 3. The van der Waals surface area contributed by atoms with Gasteiger partial charge in [0.2, 0.25) is 0 Å². The Kier molecular flexibility index (Phi) is 39.2. The van der Waals surface area contributed by atoms with E-state index in [0.717, 1.165) is 24.3 Å². The molecule has 3 heterocycles. The van der Waals surface area contributed by atoms with Gasteiger partial charge in [-0.25, -0.2) is 35.1 Å². The third-order valence-corrected chi connectivity index (χ3v) is 15.5. The van der Waals surface area contributed by atoms with Crippen LogP contribution in [0.15, 0.2) is 150 Å². The van der Waals surface area contributed by atoms with E-state index in [1.54, 1.807) is 48.8 Å². The minimum absolute atomic E-state index is 0. The number of nitrogens with zero attached hydrogens (tertiary/aromatic N) is 3. The molecule has 0 aliphatic heterocycles. The molecule has 0 saturated heterocycles. The maximum atomic E-state index is 13.9. The fourth-order valence-electron chi connectivity index (χ4n) is 4.26. The maximum Gasteiger partial charge on any atom is 0 e. The second-order valence-corrected chi connectivity index (χ2v) is 31.2. The Morgan fingerprint density at radius 3 is 0.970 bits per heavy atom. The number of rotatable bonds is 3. The third kappa shape index (κ3) is 24.8. The molecule has 0 bridgehead atoms. The van der Waals surface area contributed by atoms with Gasteiger partial charge in [0.25, 0.3) is 0 Å². The smallest absolute Gasteiger partial charge is 0 e.